The molecule has 1 aliphatic rings. The molecule has 0 aliphatic heterocycles. The molecule has 2 N–H and O–H groups in total. The topological polar surface area (TPSA) is 139 Å². The van der Waals surface area contributed by atoms with Crippen molar-refractivity contribution in [3.63, 3.8) is 0 Å². The first-order chi connectivity index (χ1) is 16.9. The van der Waals surface area contributed by atoms with Crippen LogP contribution < -0.4 is 5.32 Å². The van der Waals surface area contributed by atoms with Gasteiger partial charge in [0.25, 0.3) is 5.78 Å². The SMILES string of the molecule is Cc1ccccc1COC(=O)Nc1c(C#Cc2cc3cc(C4(C(=O)O)CC4)oc3o2)nsc1C#N. The Bertz CT molecular complexity index is 1540. The first kappa shape index (κ1) is 22.3. The van der Waals surface area contributed by atoms with Crippen LogP contribution in [0.5, 0.6) is 0 Å². The lowest BCUT2D eigenvalue weighted by Crippen LogP contribution is -2.18. The molecule has 10 heteroatoms. The van der Waals surface area contributed by atoms with Crippen molar-refractivity contribution in [2.75, 3.05) is 5.32 Å². The standard InChI is InChI=1S/C25H17N3O6S/c1-14-4-2-3-5-15(14)13-32-24(31)27-21-18(28-35-19(21)12-26)7-6-17-10-16-11-20(34-22(16)33-17)25(8-9-25)23(29)30/h2-5,10-11H,8-9,13H2,1H3,(H,27,31)(H,29,30). The van der Waals surface area contributed by atoms with E-state index in [2.05, 4.69) is 21.5 Å². The number of aromatic nitrogens is 1. The number of aliphatic carboxylic acids is 1. The van der Waals surface area contributed by atoms with Gasteiger partial charge < -0.3 is 18.7 Å². The minimum atomic E-state index is -0.962. The van der Waals surface area contributed by atoms with Crippen LogP contribution in [-0.2, 0) is 21.6 Å². The Hall–Kier alpha value is -4.54. The molecule has 0 radical (unpaired) electrons. The molecule has 0 unspecified atom stereocenters. The van der Waals surface area contributed by atoms with Gasteiger partial charge in [-0.25, -0.2) is 4.79 Å². The zero-order chi connectivity index (χ0) is 24.6. The molecule has 0 saturated heterocycles. The molecule has 174 valence electrons. The zero-order valence-electron chi connectivity index (χ0n) is 18.4. The van der Waals surface area contributed by atoms with E-state index in [0.717, 1.165) is 22.7 Å². The predicted molar refractivity (Wildman–Crippen MR) is 125 cm³/mol. The highest BCUT2D eigenvalue weighted by molar-refractivity contribution is 7.07. The van der Waals surface area contributed by atoms with Crippen molar-refractivity contribution in [1.29, 1.82) is 5.26 Å². The maximum Gasteiger partial charge on any atom is 0.412 e. The van der Waals surface area contributed by atoms with Gasteiger partial charge in [-0.15, -0.1) is 0 Å². The summed E-state index contributed by atoms with van der Waals surface area (Å²) in [7, 11) is 0. The van der Waals surface area contributed by atoms with E-state index in [1.54, 1.807) is 12.1 Å². The number of carbonyl (C=O) groups is 2. The number of nitrogens with zero attached hydrogens (tertiary/aromatic N) is 2. The van der Waals surface area contributed by atoms with E-state index >= 15 is 0 Å². The maximum absolute atomic E-state index is 12.4. The molecule has 1 aromatic carbocycles. The molecule has 1 saturated carbocycles. The molecule has 9 nitrogen and oxygen atoms in total. The second kappa shape index (κ2) is 8.67. The van der Waals surface area contributed by atoms with Gasteiger partial charge in [-0.1, -0.05) is 24.3 Å². The van der Waals surface area contributed by atoms with Gasteiger partial charge in [-0.05, 0) is 60.3 Å². The molecule has 0 spiro atoms. The molecule has 3 aromatic heterocycles. The number of rotatable bonds is 5. The first-order valence-electron chi connectivity index (χ1n) is 10.6. The van der Waals surface area contributed by atoms with Crippen LogP contribution in [0.3, 0.4) is 0 Å². The summed E-state index contributed by atoms with van der Waals surface area (Å²) in [4.78, 5) is 24.0. The Morgan fingerprint density at radius 2 is 2.06 bits per heavy atom. The number of hydrogen-bond donors (Lipinski definition) is 2. The van der Waals surface area contributed by atoms with E-state index in [-0.39, 0.29) is 34.4 Å². The van der Waals surface area contributed by atoms with Gasteiger partial charge in [-0.3, -0.25) is 10.1 Å². The number of fused-ring (bicyclic) bond motifs is 1. The molecular weight excluding hydrogens is 470 g/mol. The van der Waals surface area contributed by atoms with Crippen molar-refractivity contribution >= 4 is 40.4 Å². The van der Waals surface area contributed by atoms with Crippen molar-refractivity contribution in [1.82, 2.24) is 4.37 Å². The summed E-state index contributed by atoms with van der Waals surface area (Å²) < 4.78 is 20.6. The van der Waals surface area contributed by atoms with E-state index in [1.165, 1.54) is 0 Å². The van der Waals surface area contributed by atoms with Crippen LogP contribution in [0.4, 0.5) is 10.5 Å². The fourth-order valence-electron chi connectivity index (χ4n) is 3.57. The Kier molecular flexibility index (Phi) is 5.51. The van der Waals surface area contributed by atoms with Crippen molar-refractivity contribution in [3.05, 3.63) is 69.6 Å². The van der Waals surface area contributed by atoms with E-state index < -0.39 is 17.5 Å². The van der Waals surface area contributed by atoms with Crippen LogP contribution in [0.2, 0.25) is 0 Å². The van der Waals surface area contributed by atoms with E-state index in [0.29, 0.717) is 24.0 Å². The van der Waals surface area contributed by atoms with Crippen LogP contribution in [0.25, 0.3) is 11.2 Å². The number of furan rings is 2. The third kappa shape index (κ3) is 4.23. The Morgan fingerprint density at radius 1 is 1.26 bits per heavy atom. The number of anilines is 1. The van der Waals surface area contributed by atoms with Crippen LogP contribution >= 0.6 is 11.5 Å². The number of carboxylic acid groups (broad SMARTS) is 1. The third-order valence-corrected chi connectivity index (χ3v) is 6.54. The smallest absolute Gasteiger partial charge is 0.412 e. The number of aryl methyl sites for hydroxylation is 1. The van der Waals surface area contributed by atoms with Crippen molar-refractivity contribution in [3.8, 4) is 17.9 Å². The van der Waals surface area contributed by atoms with Gasteiger partial charge in [0.15, 0.2) is 11.5 Å². The number of nitriles is 1. The summed E-state index contributed by atoms with van der Waals surface area (Å²) in [6.07, 6.45) is 0.321. The number of hydrogen-bond acceptors (Lipinski definition) is 8. The highest BCUT2D eigenvalue weighted by Gasteiger charge is 2.54. The molecular formula is C25H17N3O6S. The Morgan fingerprint density at radius 3 is 2.74 bits per heavy atom. The number of amides is 1. The predicted octanol–water partition coefficient (Wildman–Crippen LogP) is 4.93. The minimum Gasteiger partial charge on any atom is -0.480 e. The average Bonchev–Trinajstić information content (AvgIpc) is 3.23. The second-order valence-corrected chi connectivity index (χ2v) is 8.85. The van der Waals surface area contributed by atoms with E-state index in [1.807, 2.05) is 37.3 Å². The molecule has 0 atom stereocenters. The van der Waals surface area contributed by atoms with Crippen molar-refractivity contribution < 1.29 is 28.3 Å². The van der Waals surface area contributed by atoms with Gasteiger partial charge in [0.2, 0.25) is 0 Å². The van der Waals surface area contributed by atoms with Crippen LogP contribution in [0, 0.1) is 30.1 Å². The number of carbonyl (C=O) groups excluding carboxylic acids is 1. The fraction of sp³-hybridized carbons (Fsp3) is 0.200. The van der Waals surface area contributed by atoms with Gasteiger partial charge in [0.05, 0.1) is 5.39 Å². The molecule has 35 heavy (non-hydrogen) atoms. The summed E-state index contributed by atoms with van der Waals surface area (Å²) in [5.41, 5.74) is 1.25. The number of carboxylic acids is 1. The average molecular weight is 487 g/mol. The number of nitrogens with one attached hydrogen (secondary N) is 1. The molecule has 4 aromatic rings. The summed E-state index contributed by atoms with van der Waals surface area (Å²) in [5, 5.41) is 22.0. The summed E-state index contributed by atoms with van der Waals surface area (Å²) >= 11 is 0.903. The van der Waals surface area contributed by atoms with Crippen LogP contribution in [-0.4, -0.2) is 21.5 Å². The van der Waals surface area contributed by atoms with E-state index in [4.69, 9.17) is 13.6 Å². The summed E-state index contributed by atoms with van der Waals surface area (Å²) in [5.74, 6) is 5.50. The molecule has 3 heterocycles. The lowest BCUT2D eigenvalue weighted by Gasteiger charge is -2.08. The lowest BCUT2D eigenvalue weighted by molar-refractivity contribution is -0.140. The van der Waals surface area contributed by atoms with Gasteiger partial charge >= 0.3 is 12.1 Å². The van der Waals surface area contributed by atoms with Gasteiger partial charge in [0, 0.05) is 6.07 Å². The highest BCUT2D eigenvalue weighted by Crippen LogP contribution is 2.50. The van der Waals surface area contributed by atoms with Crippen molar-refractivity contribution in [2.45, 2.75) is 31.8 Å². The molecule has 1 amide bonds. The maximum atomic E-state index is 12.4. The molecule has 0 bridgehead atoms. The zero-order valence-corrected chi connectivity index (χ0v) is 19.2. The summed E-state index contributed by atoms with van der Waals surface area (Å²) in [6, 6.07) is 12.8. The Balaban J connectivity index is 1.32. The first-order valence-corrected chi connectivity index (χ1v) is 11.3. The molecule has 5 rings (SSSR count). The monoisotopic (exact) mass is 487 g/mol. The molecule has 1 fully saturated rings. The second-order valence-electron chi connectivity index (χ2n) is 8.08. The lowest BCUT2D eigenvalue weighted by atomic mass is 10.0. The quantitative estimate of drug-likeness (QED) is 0.378. The minimum absolute atomic E-state index is 0.0790. The van der Waals surface area contributed by atoms with Crippen molar-refractivity contribution in [2.24, 2.45) is 0 Å². The normalized spacial score (nSPS) is 13.5. The third-order valence-electron chi connectivity index (χ3n) is 5.79. The largest absolute Gasteiger partial charge is 0.480 e. The summed E-state index contributed by atoms with van der Waals surface area (Å²) in [6.45, 7) is 2.00. The van der Waals surface area contributed by atoms with E-state index in [9.17, 15) is 20.0 Å². The Labute approximate surface area is 203 Å². The molecule has 1 aliphatic carbocycles. The number of ether oxygens (including phenoxy) is 1. The van der Waals surface area contributed by atoms with Gasteiger partial charge in [0.1, 0.15) is 34.4 Å². The highest BCUT2D eigenvalue weighted by atomic mass is 32.1. The van der Waals surface area contributed by atoms with Crippen LogP contribution in [0.15, 0.2) is 45.2 Å². The fourth-order valence-corrected chi connectivity index (χ4v) is 4.17. The van der Waals surface area contributed by atoms with Gasteiger partial charge in [-0.2, -0.15) is 9.64 Å². The van der Waals surface area contributed by atoms with Crippen LogP contribution in [0.1, 0.15) is 46.1 Å². The number of benzene rings is 1.